The summed E-state index contributed by atoms with van der Waals surface area (Å²) in [5.74, 6) is 0.340. The van der Waals surface area contributed by atoms with Gasteiger partial charge in [0.15, 0.2) is 0 Å². The predicted octanol–water partition coefficient (Wildman–Crippen LogP) is 0.997. The first kappa shape index (κ1) is 9.97. The van der Waals surface area contributed by atoms with Gasteiger partial charge in [-0.25, -0.2) is 0 Å². The van der Waals surface area contributed by atoms with Crippen LogP contribution in [0.15, 0.2) is 0 Å². The molecule has 1 saturated carbocycles. The van der Waals surface area contributed by atoms with Crippen LogP contribution in [0.3, 0.4) is 0 Å². The van der Waals surface area contributed by atoms with Crippen LogP contribution >= 0.6 is 0 Å². The van der Waals surface area contributed by atoms with Gasteiger partial charge in [0.1, 0.15) is 0 Å². The van der Waals surface area contributed by atoms with Crippen molar-refractivity contribution in [2.45, 2.75) is 39.2 Å². The average Bonchev–Trinajstić information content (AvgIpc) is 2.15. The van der Waals surface area contributed by atoms with Gasteiger partial charge in [0.25, 0.3) is 0 Å². The number of rotatable bonds is 1. The standard InChI is InChI=1S/C11H20N2O/c1-11(2)8-12-6-7-13(10(11)14)9-4-3-5-9/h9,12H,3-8H2,1-2H3. The highest BCUT2D eigenvalue weighted by atomic mass is 16.2. The second-order valence-electron chi connectivity index (χ2n) is 5.14. The highest BCUT2D eigenvalue weighted by molar-refractivity contribution is 5.83. The van der Waals surface area contributed by atoms with Gasteiger partial charge in [0.05, 0.1) is 5.41 Å². The Morgan fingerprint density at radius 1 is 1.43 bits per heavy atom. The fourth-order valence-electron chi connectivity index (χ4n) is 2.21. The molecule has 2 aliphatic rings. The third-order valence-electron chi connectivity index (χ3n) is 3.45. The molecular formula is C11H20N2O. The number of nitrogens with zero attached hydrogens (tertiary/aromatic N) is 1. The van der Waals surface area contributed by atoms with E-state index in [1.807, 2.05) is 13.8 Å². The van der Waals surface area contributed by atoms with E-state index in [1.54, 1.807) is 0 Å². The summed E-state index contributed by atoms with van der Waals surface area (Å²) in [7, 11) is 0. The molecule has 3 heteroatoms. The lowest BCUT2D eigenvalue weighted by molar-refractivity contribution is -0.142. The molecule has 14 heavy (non-hydrogen) atoms. The van der Waals surface area contributed by atoms with Crippen molar-refractivity contribution in [3.8, 4) is 0 Å². The van der Waals surface area contributed by atoms with Crippen molar-refractivity contribution in [1.29, 1.82) is 0 Å². The Bertz CT molecular complexity index is 233. The van der Waals surface area contributed by atoms with Gasteiger partial charge in [-0.1, -0.05) is 0 Å². The average molecular weight is 196 g/mol. The van der Waals surface area contributed by atoms with Crippen LogP contribution in [-0.4, -0.2) is 36.5 Å². The zero-order chi connectivity index (χ0) is 10.2. The SMILES string of the molecule is CC1(C)CNCCN(C2CCC2)C1=O. The Morgan fingerprint density at radius 2 is 2.14 bits per heavy atom. The van der Waals surface area contributed by atoms with E-state index in [2.05, 4.69) is 10.2 Å². The Balaban J connectivity index is 2.10. The maximum absolute atomic E-state index is 12.2. The van der Waals surface area contributed by atoms with Gasteiger partial charge < -0.3 is 10.2 Å². The van der Waals surface area contributed by atoms with Gasteiger partial charge >= 0.3 is 0 Å². The van der Waals surface area contributed by atoms with Crippen LogP contribution in [0.1, 0.15) is 33.1 Å². The first-order valence-corrected chi connectivity index (χ1v) is 5.63. The molecule has 3 nitrogen and oxygen atoms in total. The van der Waals surface area contributed by atoms with E-state index in [-0.39, 0.29) is 5.41 Å². The molecule has 0 aromatic heterocycles. The normalized spacial score (nSPS) is 28.4. The summed E-state index contributed by atoms with van der Waals surface area (Å²) in [5, 5.41) is 3.34. The number of carbonyl (C=O) groups is 1. The summed E-state index contributed by atoms with van der Waals surface area (Å²) < 4.78 is 0. The third-order valence-corrected chi connectivity index (χ3v) is 3.45. The highest BCUT2D eigenvalue weighted by Crippen LogP contribution is 2.29. The van der Waals surface area contributed by atoms with Gasteiger partial charge in [-0.05, 0) is 33.1 Å². The van der Waals surface area contributed by atoms with Gasteiger partial charge in [0, 0.05) is 25.7 Å². The first-order chi connectivity index (χ1) is 6.61. The summed E-state index contributed by atoms with van der Waals surface area (Å²) in [5.41, 5.74) is -0.216. The van der Waals surface area contributed by atoms with Crippen molar-refractivity contribution in [3.05, 3.63) is 0 Å². The summed E-state index contributed by atoms with van der Waals surface area (Å²) in [6.45, 7) is 6.74. The fraction of sp³-hybridized carbons (Fsp3) is 0.909. The first-order valence-electron chi connectivity index (χ1n) is 5.63. The van der Waals surface area contributed by atoms with E-state index < -0.39 is 0 Å². The molecule has 1 aliphatic carbocycles. The van der Waals surface area contributed by atoms with Crippen LogP contribution in [0.2, 0.25) is 0 Å². The zero-order valence-electron chi connectivity index (χ0n) is 9.18. The number of hydrogen-bond donors (Lipinski definition) is 1. The molecule has 80 valence electrons. The van der Waals surface area contributed by atoms with E-state index >= 15 is 0 Å². The van der Waals surface area contributed by atoms with E-state index in [9.17, 15) is 4.79 Å². The minimum absolute atomic E-state index is 0.216. The lowest BCUT2D eigenvalue weighted by Gasteiger charge is -2.39. The van der Waals surface area contributed by atoms with Crippen LogP contribution in [0.5, 0.6) is 0 Å². The summed E-state index contributed by atoms with van der Waals surface area (Å²) in [4.78, 5) is 14.3. The van der Waals surface area contributed by atoms with Gasteiger partial charge in [0.2, 0.25) is 5.91 Å². The molecule has 1 amide bonds. The van der Waals surface area contributed by atoms with Crippen molar-refractivity contribution in [3.63, 3.8) is 0 Å². The van der Waals surface area contributed by atoms with E-state index in [4.69, 9.17) is 0 Å². The van der Waals surface area contributed by atoms with Crippen molar-refractivity contribution in [2.24, 2.45) is 5.41 Å². The Morgan fingerprint density at radius 3 is 2.71 bits per heavy atom. The van der Waals surface area contributed by atoms with E-state index in [0.29, 0.717) is 11.9 Å². The van der Waals surface area contributed by atoms with Crippen molar-refractivity contribution in [1.82, 2.24) is 10.2 Å². The summed E-state index contributed by atoms with van der Waals surface area (Å²) >= 11 is 0. The number of amides is 1. The molecule has 0 atom stereocenters. The molecule has 0 radical (unpaired) electrons. The molecule has 2 rings (SSSR count). The molecule has 1 aliphatic heterocycles. The Kier molecular flexibility index (Phi) is 2.52. The van der Waals surface area contributed by atoms with E-state index in [1.165, 1.54) is 19.3 Å². The molecule has 0 aromatic carbocycles. The monoisotopic (exact) mass is 196 g/mol. The van der Waals surface area contributed by atoms with Crippen molar-refractivity contribution in [2.75, 3.05) is 19.6 Å². The largest absolute Gasteiger partial charge is 0.338 e. The molecule has 1 heterocycles. The third kappa shape index (κ3) is 1.65. The number of nitrogens with one attached hydrogen (secondary N) is 1. The second-order valence-corrected chi connectivity index (χ2v) is 5.14. The van der Waals surface area contributed by atoms with Crippen LogP contribution in [0.4, 0.5) is 0 Å². The quantitative estimate of drug-likeness (QED) is 0.678. The maximum Gasteiger partial charge on any atom is 0.229 e. The highest BCUT2D eigenvalue weighted by Gasteiger charge is 2.38. The van der Waals surface area contributed by atoms with Crippen LogP contribution in [0.25, 0.3) is 0 Å². The second kappa shape index (κ2) is 3.54. The van der Waals surface area contributed by atoms with Crippen molar-refractivity contribution >= 4 is 5.91 Å². The summed E-state index contributed by atoms with van der Waals surface area (Å²) in [6, 6.07) is 0.543. The molecule has 0 spiro atoms. The van der Waals surface area contributed by atoms with Crippen molar-refractivity contribution < 1.29 is 4.79 Å². The lowest BCUT2D eigenvalue weighted by atomic mass is 9.87. The maximum atomic E-state index is 12.2. The topological polar surface area (TPSA) is 32.3 Å². The van der Waals surface area contributed by atoms with Crippen LogP contribution < -0.4 is 5.32 Å². The minimum Gasteiger partial charge on any atom is -0.338 e. The van der Waals surface area contributed by atoms with Crippen LogP contribution in [-0.2, 0) is 4.79 Å². The van der Waals surface area contributed by atoms with Gasteiger partial charge in [-0.3, -0.25) is 4.79 Å². The van der Waals surface area contributed by atoms with E-state index in [0.717, 1.165) is 19.6 Å². The molecule has 0 unspecified atom stereocenters. The smallest absolute Gasteiger partial charge is 0.229 e. The zero-order valence-corrected chi connectivity index (χ0v) is 9.18. The summed E-state index contributed by atoms with van der Waals surface area (Å²) in [6.07, 6.45) is 3.71. The number of carbonyl (C=O) groups excluding carboxylic acids is 1. The molecule has 1 N–H and O–H groups in total. The fourth-order valence-corrected chi connectivity index (χ4v) is 2.21. The molecule has 0 aromatic rings. The minimum atomic E-state index is -0.216. The molecule has 1 saturated heterocycles. The van der Waals surface area contributed by atoms with Crippen LogP contribution in [0, 0.1) is 5.41 Å². The molecule has 2 fully saturated rings. The molecule has 0 bridgehead atoms. The number of hydrogen-bond acceptors (Lipinski definition) is 2. The predicted molar refractivity (Wildman–Crippen MR) is 56.0 cm³/mol. The van der Waals surface area contributed by atoms with Gasteiger partial charge in [-0.2, -0.15) is 0 Å². The van der Waals surface area contributed by atoms with Gasteiger partial charge in [-0.15, -0.1) is 0 Å². The molecular weight excluding hydrogens is 176 g/mol. The Labute approximate surface area is 85.8 Å². The Hall–Kier alpha value is -0.570. The lowest BCUT2D eigenvalue weighted by Crippen LogP contribution is -2.49.